The zero-order chi connectivity index (χ0) is 19.5. The van der Waals surface area contributed by atoms with Gasteiger partial charge in [-0.15, -0.1) is 11.3 Å². The number of anilines is 1. The van der Waals surface area contributed by atoms with Crippen LogP contribution in [0.15, 0.2) is 48.5 Å². The van der Waals surface area contributed by atoms with Crippen LogP contribution < -0.4 is 5.32 Å². The Morgan fingerprint density at radius 1 is 1.21 bits per heavy atom. The second kappa shape index (κ2) is 8.31. The van der Waals surface area contributed by atoms with E-state index < -0.39 is 0 Å². The Bertz CT molecular complexity index is 1140. The lowest BCUT2D eigenvalue weighted by Crippen LogP contribution is -2.16. The summed E-state index contributed by atoms with van der Waals surface area (Å²) in [5.41, 5.74) is 1.83. The fraction of sp³-hybridized carbons (Fsp3) is 0.238. The number of thiophene rings is 1. The molecule has 7 heteroatoms. The van der Waals surface area contributed by atoms with Crippen molar-refractivity contribution in [2.24, 2.45) is 0 Å². The Hall–Kier alpha value is -2.41. The maximum atomic E-state index is 12.9. The first-order chi connectivity index (χ1) is 13.7. The van der Waals surface area contributed by atoms with Crippen LogP contribution in [0.1, 0.15) is 23.0 Å². The number of nitrogens with one attached hydrogen (secondary N) is 1. The summed E-state index contributed by atoms with van der Waals surface area (Å²) in [6.07, 6.45) is 0.834. The van der Waals surface area contributed by atoms with Gasteiger partial charge >= 0.3 is 0 Å². The second-order valence-corrected chi connectivity index (χ2v) is 7.75. The lowest BCUT2D eigenvalue weighted by Gasteiger charge is -2.10. The van der Waals surface area contributed by atoms with Gasteiger partial charge in [-0.3, -0.25) is 10.1 Å². The van der Waals surface area contributed by atoms with Crippen LogP contribution in [0.25, 0.3) is 21.1 Å². The Balaban J connectivity index is 1.64. The van der Waals surface area contributed by atoms with E-state index in [1.54, 1.807) is 0 Å². The molecule has 2 aromatic carbocycles. The van der Waals surface area contributed by atoms with Crippen molar-refractivity contribution in [3.05, 3.63) is 58.4 Å². The van der Waals surface area contributed by atoms with E-state index in [1.165, 1.54) is 11.3 Å². The van der Waals surface area contributed by atoms with Gasteiger partial charge in [0.05, 0.1) is 16.1 Å². The highest BCUT2D eigenvalue weighted by molar-refractivity contribution is 7.21. The van der Waals surface area contributed by atoms with Crippen LogP contribution in [-0.4, -0.2) is 28.7 Å². The molecule has 1 N–H and O–H groups in total. The molecule has 0 fully saturated rings. The number of rotatable bonds is 7. The zero-order valence-corrected chi connectivity index (χ0v) is 17.0. The number of aromatic nitrogens is 2. The van der Waals surface area contributed by atoms with E-state index >= 15 is 0 Å². The molecule has 0 aliphatic heterocycles. The molecule has 0 radical (unpaired) electrons. The van der Waals surface area contributed by atoms with Crippen LogP contribution in [0, 0.1) is 0 Å². The second-order valence-electron chi connectivity index (χ2n) is 6.32. The normalized spacial score (nSPS) is 11.4. The molecule has 0 aliphatic rings. The van der Waals surface area contributed by atoms with Crippen molar-refractivity contribution in [3.8, 4) is 0 Å². The van der Waals surface area contributed by atoms with Gasteiger partial charge in [-0.05, 0) is 31.5 Å². The molecule has 0 spiro atoms. The van der Waals surface area contributed by atoms with Gasteiger partial charge < -0.3 is 9.30 Å². The average molecular weight is 414 g/mol. The van der Waals surface area contributed by atoms with Gasteiger partial charge in [-0.25, -0.2) is 4.98 Å². The number of ether oxygens (including phenoxy) is 1. The maximum Gasteiger partial charge on any atom is 0.269 e. The highest BCUT2D eigenvalue weighted by atomic mass is 35.5. The van der Waals surface area contributed by atoms with Gasteiger partial charge in [0.2, 0.25) is 5.95 Å². The van der Waals surface area contributed by atoms with Crippen LogP contribution in [0.4, 0.5) is 5.95 Å². The number of para-hydroxylation sites is 2. The molecule has 0 bridgehead atoms. The van der Waals surface area contributed by atoms with Gasteiger partial charge in [0.15, 0.2) is 0 Å². The molecule has 2 heterocycles. The van der Waals surface area contributed by atoms with Crippen molar-refractivity contribution in [2.75, 3.05) is 18.5 Å². The standard InChI is InChI=1S/C21H20ClN3O2S/c1-2-27-13-7-12-25-16-10-5-4-9-15(16)23-21(25)24-20(26)19-18(22)14-8-3-6-11-17(14)28-19/h3-6,8-11H,2,7,12-13H2,1H3,(H,23,24,26). The summed E-state index contributed by atoms with van der Waals surface area (Å²) < 4.78 is 8.46. The van der Waals surface area contributed by atoms with E-state index in [-0.39, 0.29) is 5.91 Å². The molecule has 0 unspecified atom stereocenters. The number of aryl methyl sites for hydroxylation is 1. The van der Waals surface area contributed by atoms with Gasteiger partial charge in [-0.2, -0.15) is 0 Å². The molecule has 0 saturated carbocycles. The highest BCUT2D eigenvalue weighted by Gasteiger charge is 2.20. The minimum Gasteiger partial charge on any atom is -0.382 e. The smallest absolute Gasteiger partial charge is 0.269 e. The monoisotopic (exact) mass is 413 g/mol. The number of carbonyl (C=O) groups excluding carboxylic acids is 1. The first-order valence-corrected chi connectivity index (χ1v) is 10.4. The number of hydrogen-bond donors (Lipinski definition) is 1. The molecule has 2 aromatic heterocycles. The number of amides is 1. The average Bonchev–Trinajstić information content (AvgIpc) is 3.23. The number of carbonyl (C=O) groups is 1. The molecular weight excluding hydrogens is 394 g/mol. The van der Waals surface area contributed by atoms with Crippen molar-refractivity contribution < 1.29 is 9.53 Å². The van der Waals surface area contributed by atoms with Crippen LogP contribution in [0.2, 0.25) is 5.02 Å². The van der Waals surface area contributed by atoms with Crippen LogP contribution in [0.3, 0.4) is 0 Å². The molecule has 144 valence electrons. The number of imidazole rings is 1. The third-order valence-electron chi connectivity index (χ3n) is 4.50. The summed E-state index contributed by atoms with van der Waals surface area (Å²) in [6.45, 7) is 4.04. The number of halogens is 1. The fourth-order valence-electron chi connectivity index (χ4n) is 3.18. The van der Waals surface area contributed by atoms with Crippen molar-refractivity contribution in [3.63, 3.8) is 0 Å². The zero-order valence-electron chi connectivity index (χ0n) is 15.4. The molecule has 1 amide bonds. The number of hydrogen-bond acceptors (Lipinski definition) is 4. The lowest BCUT2D eigenvalue weighted by atomic mass is 10.2. The molecule has 4 aromatic rings. The van der Waals surface area contributed by atoms with Gasteiger partial charge in [0.25, 0.3) is 5.91 Å². The third-order valence-corrected chi connectivity index (χ3v) is 6.17. The minimum absolute atomic E-state index is 0.243. The summed E-state index contributed by atoms with van der Waals surface area (Å²) in [4.78, 5) is 18.1. The van der Waals surface area contributed by atoms with Crippen molar-refractivity contribution >= 4 is 55.9 Å². The number of nitrogens with zero attached hydrogens (tertiary/aromatic N) is 2. The Labute approximate surface area is 171 Å². The minimum atomic E-state index is -0.243. The SMILES string of the molecule is CCOCCCn1c(NC(=O)c2sc3ccccc3c2Cl)nc2ccccc21. The highest BCUT2D eigenvalue weighted by Crippen LogP contribution is 2.35. The summed E-state index contributed by atoms with van der Waals surface area (Å²) in [7, 11) is 0. The van der Waals surface area contributed by atoms with E-state index in [2.05, 4.69) is 10.3 Å². The molecular formula is C21H20ClN3O2S. The summed E-state index contributed by atoms with van der Waals surface area (Å²) in [5.74, 6) is 0.281. The fourth-order valence-corrected chi connectivity index (χ4v) is 4.60. The quantitative estimate of drug-likeness (QED) is 0.402. The third kappa shape index (κ3) is 3.63. The molecule has 5 nitrogen and oxygen atoms in total. The Morgan fingerprint density at radius 3 is 2.82 bits per heavy atom. The van der Waals surface area contributed by atoms with E-state index in [9.17, 15) is 4.79 Å². The van der Waals surface area contributed by atoms with E-state index in [0.29, 0.717) is 35.6 Å². The topological polar surface area (TPSA) is 56.1 Å². The van der Waals surface area contributed by atoms with Crippen LogP contribution in [-0.2, 0) is 11.3 Å². The molecule has 0 saturated heterocycles. The van der Waals surface area contributed by atoms with Crippen molar-refractivity contribution in [1.82, 2.24) is 9.55 Å². The molecule has 0 atom stereocenters. The van der Waals surface area contributed by atoms with Gasteiger partial charge in [0, 0.05) is 29.8 Å². The largest absolute Gasteiger partial charge is 0.382 e. The predicted octanol–water partition coefficient (Wildman–Crippen LogP) is 5.58. The van der Waals surface area contributed by atoms with Crippen LogP contribution >= 0.6 is 22.9 Å². The summed E-state index contributed by atoms with van der Waals surface area (Å²) in [6, 6.07) is 15.6. The van der Waals surface area contributed by atoms with Crippen molar-refractivity contribution in [1.29, 1.82) is 0 Å². The number of benzene rings is 2. The molecule has 0 aliphatic carbocycles. The van der Waals surface area contributed by atoms with Crippen molar-refractivity contribution in [2.45, 2.75) is 19.9 Å². The predicted molar refractivity (Wildman–Crippen MR) is 116 cm³/mol. The first kappa shape index (κ1) is 18.9. The Morgan fingerprint density at radius 2 is 2.00 bits per heavy atom. The van der Waals surface area contributed by atoms with Gasteiger partial charge in [0.1, 0.15) is 4.88 Å². The van der Waals surface area contributed by atoms with E-state index in [4.69, 9.17) is 16.3 Å². The van der Waals surface area contributed by atoms with Gasteiger partial charge in [-0.1, -0.05) is 41.9 Å². The van der Waals surface area contributed by atoms with E-state index in [0.717, 1.165) is 27.5 Å². The lowest BCUT2D eigenvalue weighted by molar-refractivity contribution is 0.102. The molecule has 4 rings (SSSR count). The summed E-state index contributed by atoms with van der Waals surface area (Å²) in [5, 5.41) is 4.33. The van der Waals surface area contributed by atoms with E-state index in [1.807, 2.05) is 60.0 Å². The summed E-state index contributed by atoms with van der Waals surface area (Å²) >= 11 is 7.85. The number of fused-ring (bicyclic) bond motifs is 2. The first-order valence-electron chi connectivity index (χ1n) is 9.20. The van der Waals surface area contributed by atoms with Crippen LogP contribution in [0.5, 0.6) is 0 Å². The Kier molecular flexibility index (Phi) is 5.62. The molecule has 28 heavy (non-hydrogen) atoms. The maximum absolute atomic E-state index is 12.9.